The second-order valence-electron chi connectivity index (χ2n) is 7.55. The molecule has 2 aliphatic heterocycles. The molecule has 1 aromatic rings. The predicted octanol–water partition coefficient (Wildman–Crippen LogP) is 2.60. The second-order valence-corrected chi connectivity index (χ2v) is 7.55. The summed E-state index contributed by atoms with van der Waals surface area (Å²) in [6, 6.07) is 5.27. The van der Waals surface area contributed by atoms with E-state index in [-0.39, 0.29) is 29.9 Å². The van der Waals surface area contributed by atoms with E-state index in [0.29, 0.717) is 6.42 Å². The molecule has 8 heteroatoms. The number of carbonyl (C=O) groups excluding carboxylic acids is 1. The van der Waals surface area contributed by atoms with Crippen molar-refractivity contribution < 1.29 is 29.0 Å². The van der Waals surface area contributed by atoms with Gasteiger partial charge in [0.1, 0.15) is 12.2 Å². The number of rotatable bonds is 6. The molecule has 3 atom stereocenters. The van der Waals surface area contributed by atoms with Crippen molar-refractivity contribution in [2.24, 2.45) is 5.41 Å². The Labute approximate surface area is 156 Å². The van der Waals surface area contributed by atoms with Gasteiger partial charge in [-0.2, -0.15) is 0 Å². The number of aliphatic hydroxyl groups is 1. The van der Waals surface area contributed by atoms with E-state index in [4.69, 9.17) is 19.3 Å². The molecule has 0 amide bonds. The number of esters is 1. The highest BCUT2D eigenvalue weighted by atomic mass is 16.7. The molecule has 0 aromatic heterocycles. The highest BCUT2D eigenvalue weighted by Crippen LogP contribution is 2.52. The fraction of sp³-hybridized carbons (Fsp3) is 0.526. The summed E-state index contributed by atoms with van der Waals surface area (Å²) in [6.07, 6.45) is 1.40. The maximum Gasteiger partial charge on any atom is 0.338 e. The zero-order valence-corrected chi connectivity index (χ0v) is 15.5. The van der Waals surface area contributed by atoms with E-state index in [1.54, 1.807) is 0 Å². The van der Waals surface area contributed by atoms with Gasteiger partial charge in [0.05, 0.1) is 23.7 Å². The fourth-order valence-electron chi connectivity index (χ4n) is 3.73. The van der Waals surface area contributed by atoms with Crippen LogP contribution in [0.3, 0.4) is 0 Å². The number of ether oxygens (including phenoxy) is 3. The van der Waals surface area contributed by atoms with Gasteiger partial charge in [0.2, 0.25) is 0 Å². The van der Waals surface area contributed by atoms with Crippen molar-refractivity contribution in [3.63, 3.8) is 0 Å². The molecule has 3 unspecified atom stereocenters. The smallest absolute Gasteiger partial charge is 0.338 e. The Kier molecular flexibility index (Phi) is 5.07. The molecule has 2 heterocycles. The van der Waals surface area contributed by atoms with Crippen molar-refractivity contribution >= 4 is 11.7 Å². The highest BCUT2D eigenvalue weighted by molar-refractivity contribution is 5.89. The molecule has 3 rings (SSSR count). The van der Waals surface area contributed by atoms with E-state index in [9.17, 15) is 14.9 Å². The number of hydrogen-bond donors (Lipinski definition) is 1. The van der Waals surface area contributed by atoms with Crippen LogP contribution in [0, 0.1) is 15.5 Å². The number of carbonyl (C=O) groups is 1. The van der Waals surface area contributed by atoms with E-state index >= 15 is 0 Å². The van der Waals surface area contributed by atoms with Gasteiger partial charge in [-0.3, -0.25) is 10.1 Å². The Morgan fingerprint density at radius 2 is 2.04 bits per heavy atom. The van der Waals surface area contributed by atoms with Crippen molar-refractivity contribution in [1.82, 2.24) is 0 Å². The molecule has 1 aromatic carbocycles. The molecule has 0 radical (unpaired) electrons. The van der Waals surface area contributed by atoms with Gasteiger partial charge < -0.3 is 19.3 Å². The number of hydrogen-bond acceptors (Lipinski definition) is 7. The average Bonchev–Trinajstić information content (AvgIpc) is 2.87. The van der Waals surface area contributed by atoms with Crippen LogP contribution >= 0.6 is 0 Å². The lowest BCUT2D eigenvalue weighted by Gasteiger charge is -2.36. The van der Waals surface area contributed by atoms with Crippen LogP contribution < -0.4 is 0 Å². The summed E-state index contributed by atoms with van der Waals surface area (Å²) in [5, 5.41) is 19.8. The Morgan fingerprint density at radius 3 is 2.63 bits per heavy atom. The molecule has 27 heavy (non-hydrogen) atoms. The summed E-state index contributed by atoms with van der Waals surface area (Å²) in [5.41, 5.74) is 0.616. The van der Waals surface area contributed by atoms with Gasteiger partial charge in [0, 0.05) is 24.0 Å². The second kappa shape index (κ2) is 7.03. The third-order valence-corrected chi connectivity index (χ3v) is 5.07. The Hall–Kier alpha value is -2.29. The van der Waals surface area contributed by atoms with E-state index in [1.807, 2.05) is 26.8 Å². The summed E-state index contributed by atoms with van der Waals surface area (Å²) >= 11 is 0. The van der Waals surface area contributed by atoms with Crippen LogP contribution in [0.15, 0.2) is 35.9 Å². The minimum absolute atomic E-state index is 0.0916. The minimum atomic E-state index is -0.910. The van der Waals surface area contributed by atoms with Gasteiger partial charge in [-0.1, -0.05) is 13.8 Å². The molecule has 1 saturated heterocycles. The van der Waals surface area contributed by atoms with Crippen molar-refractivity contribution in [1.29, 1.82) is 0 Å². The van der Waals surface area contributed by atoms with Gasteiger partial charge in [0.15, 0.2) is 5.79 Å². The van der Waals surface area contributed by atoms with Crippen LogP contribution in [0.4, 0.5) is 5.69 Å². The van der Waals surface area contributed by atoms with E-state index in [2.05, 4.69) is 0 Å². The first kappa shape index (κ1) is 19.5. The van der Waals surface area contributed by atoms with E-state index < -0.39 is 28.9 Å². The maximum absolute atomic E-state index is 12.5. The number of nitro benzene ring substituents is 1. The van der Waals surface area contributed by atoms with Crippen LogP contribution in [0.1, 0.15) is 37.6 Å². The lowest BCUT2D eigenvalue weighted by molar-refractivity contribution is -0.384. The lowest BCUT2D eigenvalue weighted by Crippen LogP contribution is -2.44. The van der Waals surface area contributed by atoms with Gasteiger partial charge in [0.25, 0.3) is 5.69 Å². The largest absolute Gasteiger partial charge is 0.452 e. The molecule has 146 valence electrons. The highest BCUT2D eigenvalue weighted by Gasteiger charge is 2.58. The molecule has 0 spiro atoms. The van der Waals surface area contributed by atoms with Crippen LogP contribution in [-0.4, -0.2) is 47.2 Å². The van der Waals surface area contributed by atoms with E-state index in [0.717, 1.165) is 5.57 Å². The van der Waals surface area contributed by atoms with Gasteiger partial charge in [-0.15, -0.1) is 0 Å². The molecule has 2 bridgehead atoms. The molecule has 8 nitrogen and oxygen atoms in total. The number of nitrogens with zero attached hydrogens (tertiary/aromatic N) is 1. The molecule has 1 fully saturated rings. The standard InChI is InChI=1S/C19H23NO7/c1-12-10-15(16-18(2,3)11-19(12,27-16)25-9-8-21)26-17(22)13-4-6-14(7-5-13)20(23)24/h4-7,10,15-16,21H,8-9,11H2,1-3H3. The molecule has 0 saturated carbocycles. The molecule has 2 aliphatic rings. The average molecular weight is 377 g/mol. The summed E-state index contributed by atoms with van der Waals surface area (Å²) in [4.78, 5) is 22.7. The first-order chi connectivity index (χ1) is 12.7. The fourth-order valence-corrected chi connectivity index (χ4v) is 3.73. The van der Waals surface area contributed by atoms with Gasteiger partial charge in [-0.05, 0) is 30.7 Å². The van der Waals surface area contributed by atoms with Crippen molar-refractivity contribution in [3.8, 4) is 0 Å². The lowest BCUT2D eigenvalue weighted by atomic mass is 9.82. The maximum atomic E-state index is 12.5. The molecule has 1 N–H and O–H groups in total. The number of non-ortho nitro benzene ring substituents is 1. The zero-order valence-electron chi connectivity index (χ0n) is 15.5. The summed E-state index contributed by atoms with van der Waals surface area (Å²) in [7, 11) is 0. The summed E-state index contributed by atoms with van der Waals surface area (Å²) in [6.45, 7) is 5.92. The Bertz CT molecular complexity index is 771. The van der Waals surface area contributed by atoms with Crippen molar-refractivity contribution in [3.05, 3.63) is 51.6 Å². The molecular weight excluding hydrogens is 354 g/mol. The summed E-state index contributed by atoms with van der Waals surface area (Å²) in [5.74, 6) is -1.48. The van der Waals surface area contributed by atoms with Crippen molar-refractivity contribution in [2.75, 3.05) is 13.2 Å². The number of nitro groups is 1. The number of fused-ring (bicyclic) bond motifs is 2. The topological polar surface area (TPSA) is 108 Å². The van der Waals surface area contributed by atoms with Crippen LogP contribution in [0.2, 0.25) is 0 Å². The molecular formula is C19H23NO7. The van der Waals surface area contributed by atoms with Crippen molar-refractivity contribution in [2.45, 2.75) is 45.2 Å². The van der Waals surface area contributed by atoms with Crippen LogP contribution in [0.5, 0.6) is 0 Å². The zero-order chi connectivity index (χ0) is 19.8. The number of benzene rings is 1. The minimum Gasteiger partial charge on any atom is -0.452 e. The molecule has 0 aliphatic carbocycles. The third kappa shape index (κ3) is 3.60. The third-order valence-electron chi connectivity index (χ3n) is 5.07. The Balaban J connectivity index is 1.80. The predicted molar refractivity (Wildman–Crippen MR) is 95.1 cm³/mol. The SMILES string of the molecule is CC1=CC(OC(=O)c2ccc([N+](=O)[O-])cc2)C2OC1(OCCO)CC2(C)C. The first-order valence-corrected chi connectivity index (χ1v) is 8.75. The number of aliphatic hydroxyl groups excluding tert-OH is 1. The Morgan fingerprint density at radius 1 is 1.37 bits per heavy atom. The summed E-state index contributed by atoms with van der Waals surface area (Å²) < 4.78 is 17.6. The normalized spacial score (nSPS) is 28.5. The van der Waals surface area contributed by atoms with Crippen LogP contribution in [0.25, 0.3) is 0 Å². The van der Waals surface area contributed by atoms with Crippen LogP contribution in [-0.2, 0) is 14.2 Å². The van der Waals surface area contributed by atoms with Gasteiger partial charge >= 0.3 is 5.97 Å². The van der Waals surface area contributed by atoms with Gasteiger partial charge in [-0.25, -0.2) is 4.79 Å². The quantitative estimate of drug-likeness (QED) is 0.351. The monoisotopic (exact) mass is 377 g/mol. The first-order valence-electron chi connectivity index (χ1n) is 8.75. The van der Waals surface area contributed by atoms with E-state index in [1.165, 1.54) is 24.3 Å².